The Morgan fingerprint density at radius 1 is 1.19 bits per heavy atom. The van der Waals surface area contributed by atoms with Crippen molar-refractivity contribution in [1.82, 2.24) is 4.98 Å². The molecule has 1 fully saturated rings. The number of benzene rings is 1. The second-order valence-electron chi connectivity index (χ2n) is 6.82. The van der Waals surface area contributed by atoms with E-state index < -0.39 is 23.7 Å². The molecule has 0 radical (unpaired) electrons. The number of aliphatic hydroxyl groups excluding tert-OH is 1. The summed E-state index contributed by atoms with van der Waals surface area (Å²) in [5.74, 6) is -1.93. The fourth-order valence-corrected chi connectivity index (χ4v) is 4.43. The zero-order valence-electron chi connectivity index (χ0n) is 17.3. The molecule has 1 aliphatic rings. The number of methoxy groups -OCH3 is 2. The van der Waals surface area contributed by atoms with Gasteiger partial charge in [0.2, 0.25) is 0 Å². The third-order valence-electron chi connectivity index (χ3n) is 4.98. The number of Topliss-reactive ketones (excluding diaryl/α,β-unsaturated/α-hetero) is 1. The molecule has 164 valence electrons. The van der Waals surface area contributed by atoms with Crippen molar-refractivity contribution in [1.29, 1.82) is 0 Å². The second kappa shape index (κ2) is 8.31. The summed E-state index contributed by atoms with van der Waals surface area (Å²) in [6.07, 6.45) is 1.40. The molecule has 1 aromatic carbocycles. The summed E-state index contributed by atoms with van der Waals surface area (Å²) in [6, 6.07) is 8.53. The summed E-state index contributed by atoms with van der Waals surface area (Å²) in [4.78, 5) is 43.7. The highest BCUT2D eigenvalue weighted by atomic mass is 32.1. The highest BCUT2D eigenvalue weighted by Crippen LogP contribution is 2.44. The number of anilines is 1. The Bertz CT molecular complexity index is 1230. The van der Waals surface area contributed by atoms with Gasteiger partial charge in [-0.15, -0.1) is 0 Å². The lowest BCUT2D eigenvalue weighted by molar-refractivity contribution is -0.132. The number of ketones is 1. The van der Waals surface area contributed by atoms with Gasteiger partial charge in [-0.2, -0.15) is 0 Å². The lowest BCUT2D eigenvalue weighted by Gasteiger charge is -2.20. The maximum atomic E-state index is 13.0. The first-order chi connectivity index (χ1) is 15.4. The number of esters is 1. The van der Waals surface area contributed by atoms with E-state index in [9.17, 15) is 19.5 Å². The fourth-order valence-electron chi connectivity index (χ4n) is 3.42. The summed E-state index contributed by atoms with van der Waals surface area (Å²) in [6.45, 7) is 1.60. The minimum Gasteiger partial charge on any atom is -0.507 e. The average molecular weight is 454 g/mol. The Hall–Kier alpha value is -3.92. The molecule has 0 bridgehead atoms. The van der Waals surface area contributed by atoms with E-state index in [4.69, 9.17) is 13.9 Å². The number of aromatic nitrogens is 1. The predicted molar refractivity (Wildman–Crippen MR) is 115 cm³/mol. The van der Waals surface area contributed by atoms with Crippen LogP contribution in [-0.4, -0.2) is 42.0 Å². The van der Waals surface area contributed by atoms with Crippen LogP contribution >= 0.6 is 11.3 Å². The molecule has 1 atom stereocenters. The van der Waals surface area contributed by atoms with Crippen molar-refractivity contribution >= 4 is 39.9 Å². The highest BCUT2D eigenvalue weighted by Gasteiger charge is 2.49. The van der Waals surface area contributed by atoms with Crippen molar-refractivity contribution in [3.8, 4) is 5.75 Å². The average Bonchev–Trinajstić information content (AvgIpc) is 3.52. The SMILES string of the molecule is COC(=O)c1sc(N2C(=O)C(=O)C(=C(O)c3ccc(OC)cc3)C2c2ccco2)nc1C. The Morgan fingerprint density at radius 2 is 1.91 bits per heavy atom. The van der Waals surface area contributed by atoms with Crippen LogP contribution < -0.4 is 9.64 Å². The molecule has 1 N–H and O–H groups in total. The lowest BCUT2D eigenvalue weighted by Crippen LogP contribution is -2.29. The summed E-state index contributed by atoms with van der Waals surface area (Å²) in [5.41, 5.74) is 0.528. The number of hydrogen-bond acceptors (Lipinski definition) is 9. The van der Waals surface area contributed by atoms with Crippen LogP contribution in [0.5, 0.6) is 5.75 Å². The minimum atomic E-state index is -1.07. The number of carbonyl (C=O) groups excluding carboxylic acids is 3. The van der Waals surface area contributed by atoms with Gasteiger partial charge in [0.05, 0.1) is 31.7 Å². The van der Waals surface area contributed by atoms with Crippen LogP contribution in [0.2, 0.25) is 0 Å². The summed E-state index contributed by atoms with van der Waals surface area (Å²) in [5, 5.41) is 11.1. The topological polar surface area (TPSA) is 119 Å². The van der Waals surface area contributed by atoms with E-state index in [1.54, 1.807) is 43.3 Å². The van der Waals surface area contributed by atoms with Crippen LogP contribution in [0.3, 0.4) is 0 Å². The molecule has 1 saturated heterocycles. The van der Waals surface area contributed by atoms with E-state index >= 15 is 0 Å². The Morgan fingerprint density at radius 3 is 2.50 bits per heavy atom. The number of furan rings is 1. The molecule has 0 aliphatic carbocycles. The molecule has 2 aromatic heterocycles. The summed E-state index contributed by atoms with van der Waals surface area (Å²) in [7, 11) is 2.75. The molecular formula is C22H18N2O7S. The quantitative estimate of drug-likeness (QED) is 0.269. The Labute approximate surface area is 186 Å². The molecule has 4 rings (SSSR count). The molecule has 1 amide bonds. The molecule has 3 aromatic rings. The number of thiazole rings is 1. The van der Waals surface area contributed by atoms with E-state index in [0.717, 1.165) is 16.2 Å². The smallest absolute Gasteiger partial charge is 0.350 e. The van der Waals surface area contributed by atoms with Gasteiger partial charge in [-0.3, -0.25) is 14.5 Å². The van der Waals surface area contributed by atoms with Crippen molar-refractivity contribution < 1.29 is 33.4 Å². The zero-order valence-corrected chi connectivity index (χ0v) is 18.1. The Balaban J connectivity index is 1.88. The van der Waals surface area contributed by atoms with E-state index in [1.807, 2.05) is 0 Å². The number of ether oxygens (including phenoxy) is 2. The van der Waals surface area contributed by atoms with Crippen LogP contribution in [0.25, 0.3) is 5.76 Å². The van der Waals surface area contributed by atoms with Gasteiger partial charge in [0.25, 0.3) is 5.78 Å². The number of aryl methyl sites for hydroxylation is 1. The first kappa shape index (κ1) is 21.3. The van der Waals surface area contributed by atoms with Gasteiger partial charge in [-0.05, 0) is 43.3 Å². The van der Waals surface area contributed by atoms with Gasteiger partial charge in [-0.25, -0.2) is 9.78 Å². The normalized spacial score (nSPS) is 17.6. The highest BCUT2D eigenvalue weighted by molar-refractivity contribution is 7.17. The van der Waals surface area contributed by atoms with Crippen molar-refractivity contribution in [3.05, 3.63) is 70.1 Å². The standard InChI is InChI=1S/C22H18N2O7S/c1-11-19(21(28)30-3)32-22(23-11)24-16(14-5-4-10-31-14)15(18(26)20(24)27)17(25)12-6-8-13(29-2)9-7-12/h4-10,16,25H,1-3H3. The van der Waals surface area contributed by atoms with Gasteiger partial charge in [0.15, 0.2) is 5.13 Å². The molecule has 0 saturated carbocycles. The maximum Gasteiger partial charge on any atom is 0.350 e. The van der Waals surface area contributed by atoms with Gasteiger partial charge >= 0.3 is 11.9 Å². The molecule has 9 nitrogen and oxygen atoms in total. The van der Waals surface area contributed by atoms with E-state index in [-0.39, 0.29) is 27.1 Å². The number of rotatable bonds is 5. The van der Waals surface area contributed by atoms with Crippen molar-refractivity contribution in [2.45, 2.75) is 13.0 Å². The first-order valence-corrected chi connectivity index (χ1v) is 10.2. The minimum absolute atomic E-state index is 0.111. The fraction of sp³-hybridized carbons (Fsp3) is 0.182. The molecule has 0 spiro atoms. The van der Waals surface area contributed by atoms with Gasteiger partial charge < -0.3 is 19.0 Å². The zero-order chi connectivity index (χ0) is 23.0. The number of amides is 1. The molecule has 1 unspecified atom stereocenters. The Kier molecular flexibility index (Phi) is 5.54. The van der Waals surface area contributed by atoms with Crippen molar-refractivity contribution in [2.24, 2.45) is 0 Å². The third kappa shape index (κ3) is 3.44. The van der Waals surface area contributed by atoms with Gasteiger partial charge in [-0.1, -0.05) is 11.3 Å². The summed E-state index contributed by atoms with van der Waals surface area (Å²) < 4.78 is 15.4. The second-order valence-corrected chi connectivity index (χ2v) is 7.79. The number of carbonyl (C=O) groups is 3. The van der Waals surface area contributed by atoms with Crippen molar-refractivity contribution in [3.63, 3.8) is 0 Å². The van der Waals surface area contributed by atoms with Crippen LogP contribution in [0, 0.1) is 6.92 Å². The maximum absolute atomic E-state index is 13.0. The lowest BCUT2D eigenvalue weighted by atomic mass is 9.99. The van der Waals surface area contributed by atoms with E-state index in [2.05, 4.69) is 4.98 Å². The van der Waals surface area contributed by atoms with Crippen LogP contribution in [0.1, 0.15) is 32.7 Å². The molecule has 32 heavy (non-hydrogen) atoms. The van der Waals surface area contributed by atoms with E-state index in [0.29, 0.717) is 17.0 Å². The largest absolute Gasteiger partial charge is 0.507 e. The third-order valence-corrected chi connectivity index (χ3v) is 6.12. The number of aliphatic hydroxyl groups is 1. The monoisotopic (exact) mass is 454 g/mol. The van der Waals surface area contributed by atoms with Gasteiger partial charge in [0.1, 0.15) is 28.2 Å². The van der Waals surface area contributed by atoms with Crippen LogP contribution in [0.15, 0.2) is 52.7 Å². The summed E-state index contributed by atoms with van der Waals surface area (Å²) >= 11 is 0.916. The number of nitrogens with zero attached hydrogens (tertiary/aromatic N) is 2. The molecule has 10 heteroatoms. The van der Waals surface area contributed by atoms with Crippen LogP contribution in [0.4, 0.5) is 5.13 Å². The van der Waals surface area contributed by atoms with Crippen molar-refractivity contribution in [2.75, 3.05) is 19.1 Å². The molecular weight excluding hydrogens is 436 g/mol. The van der Waals surface area contributed by atoms with E-state index in [1.165, 1.54) is 20.5 Å². The number of hydrogen-bond donors (Lipinski definition) is 1. The molecule has 1 aliphatic heterocycles. The first-order valence-electron chi connectivity index (χ1n) is 9.42. The molecule has 3 heterocycles. The van der Waals surface area contributed by atoms with Gasteiger partial charge in [0, 0.05) is 5.56 Å². The predicted octanol–water partition coefficient (Wildman–Crippen LogP) is 3.47. The van der Waals surface area contributed by atoms with Crippen LogP contribution in [-0.2, 0) is 14.3 Å².